The van der Waals surface area contributed by atoms with E-state index >= 15 is 0 Å². The summed E-state index contributed by atoms with van der Waals surface area (Å²) in [7, 11) is 0. The molecule has 7 nitrogen and oxygen atoms in total. The molecule has 1 saturated heterocycles. The van der Waals surface area contributed by atoms with Gasteiger partial charge in [0, 0.05) is 12.6 Å². The zero-order valence-electron chi connectivity index (χ0n) is 12.2. The lowest BCUT2D eigenvalue weighted by atomic mass is 9.90. The van der Waals surface area contributed by atoms with Gasteiger partial charge in [0.1, 0.15) is 10.3 Å². The van der Waals surface area contributed by atoms with Crippen molar-refractivity contribution in [2.75, 3.05) is 6.54 Å². The number of carboxylic acids is 1. The Hall–Kier alpha value is -2.03. The smallest absolute Gasteiger partial charge is 0.308 e. The Morgan fingerprint density at radius 3 is 2.70 bits per heavy atom. The van der Waals surface area contributed by atoms with Crippen LogP contribution in [0.2, 0.25) is 0 Å². The number of nitro benzene ring substituents is 1. The summed E-state index contributed by atoms with van der Waals surface area (Å²) in [6.07, 6.45) is 0.951. The highest BCUT2D eigenvalue weighted by molar-refractivity contribution is 9.10. The van der Waals surface area contributed by atoms with Crippen molar-refractivity contribution < 1.29 is 24.0 Å². The van der Waals surface area contributed by atoms with Gasteiger partial charge < -0.3 is 10.0 Å². The highest BCUT2D eigenvalue weighted by atomic mass is 79.9. The molecule has 0 unspecified atom stereocenters. The van der Waals surface area contributed by atoms with Crippen LogP contribution in [0.4, 0.5) is 10.1 Å². The first-order valence-electron chi connectivity index (χ1n) is 6.91. The van der Waals surface area contributed by atoms with Crippen LogP contribution >= 0.6 is 15.9 Å². The Kier molecular flexibility index (Phi) is 4.98. The number of benzene rings is 1. The molecular formula is C14H14BrFN2O5. The molecule has 0 bridgehead atoms. The molecule has 0 spiro atoms. The molecule has 1 fully saturated rings. The van der Waals surface area contributed by atoms with Crippen molar-refractivity contribution in [2.45, 2.75) is 25.8 Å². The monoisotopic (exact) mass is 388 g/mol. The van der Waals surface area contributed by atoms with Gasteiger partial charge in [-0.3, -0.25) is 19.7 Å². The number of rotatable bonds is 3. The zero-order chi connectivity index (χ0) is 17.3. The van der Waals surface area contributed by atoms with E-state index in [9.17, 15) is 29.2 Å². The number of amides is 1. The molecule has 2 atom stereocenters. The zero-order valence-corrected chi connectivity index (χ0v) is 13.7. The lowest BCUT2D eigenvalue weighted by Gasteiger charge is -2.37. The van der Waals surface area contributed by atoms with Crippen LogP contribution in [-0.4, -0.2) is 39.4 Å². The summed E-state index contributed by atoms with van der Waals surface area (Å²) in [6, 6.07) is 1.06. The lowest BCUT2D eigenvalue weighted by Crippen LogP contribution is -2.49. The Morgan fingerprint density at radius 2 is 2.13 bits per heavy atom. The van der Waals surface area contributed by atoms with Crippen molar-refractivity contribution in [3.8, 4) is 0 Å². The summed E-state index contributed by atoms with van der Waals surface area (Å²) in [6.45, 7) is 1.93. The van der Waals surface area contributed by atoms with Gasteiger partial charge in [0.05, 0.1) is 22.5 Å². The van der Waals surface area contributed by atoms with Crippen molar-refractivity contribution in [1.82, 2.24) is 4.90 Å². The van der Waals surface area contributed by atoms with Gasteiger partial charge >= 0.3 is 5.97 Å². The van der Waals surface area contributed by atoms with E-state index in [-0.39, 0.29) is 10.0 Å². The first-order valence-corrected chi connectivity index (χ1v) is 7.70. The van der Waals surface area contributed by atoms with E-state index in [2.05, 4.69) is 15.9 Å². The van der Waals surface area contributed by atoms with E-state index in [0.717, 1.165) is 12.1 Å². The van der Waals surface area contributed by atoms with Crippen LogP contribution in [0.25, 0.3) is 0 Å². The maximum atomic E-state index is 13.6. The molecule has 0 aromatic heterocycles. The minimum atomic E-state index is -1.00. The molecule has 2 rings (SSSR count). The summed E-state index contributed by atoms with van der Waals surface area (Å²) in [4.78, 5) is 35.4. The summed E-state index contributed by atoms with van der Waals surface area (Å²) in [5.41, 5.74) is -0.734. The van der Waals surface area contributed by atoms with Gasteiger partial charge in [-0.15, -0.1) is 0 Å². The fourth-order valence-corrected chi connectivity index (χ4v) is 3.32. The minimum Gasteiger partial charge on any atom is -0.481 e. The Bertz CT molecular complexity index is 681. The average Bonchev–Trinajstić information content (AvgIpc) is 2.48. The number of piperidine rings is 1. The van der Waals surface area contributed by atoms with E-state index in [0.29, 0.717) is 19.4 Å². The van der Waals surface area contributed by atoms with Crippen LogP contribution < -0.4 is 0 Å². The topological polar surface area (TPSA) is 101 Å². The Balaban J connectivity index is 2.40. The number of carbonyl (C=O) groups excluding carboxylic acids is 1. The number of carboxylic acid groups (broad SMARTS) is 1. The van der Waals surface area contributed by atoms with Gasteiger partial charge in [0.15, 0.2) is 0 Å². The second kappa shape index (κ2) is 6.61. The van der Waals surface area contributed by atoms with E-state index in [4.69, 9.17) is 0 Å². The molecule has 1 amide bonds. The van der Waals surface area contributed by atoms with Gasteiger partial charge in [-0.25, -0.2) is 4.39 Å². The molecule has 9 heteroatoms. The van der Waals surface area contributed by atoms with Gasteiger partial charge in [0.2, 0.25) is 0 Å². The third kappa shape index (κ3) is 3.34. The van der Waals surface area contributed by atoms with Crippen molar-refractivity contribution in [3.05, 3.63) is 38.1 Å². The maximum absolute atomic E-state index is 13.6. The van der Waals surface area contributed by atoms with Crippen LogP contribution in [-0.2, 0) is 4.79 Å². The van der Waals surface area contributed by atoms with Gasteiger partial charge in [-0.05, 0) is 41.8 Å². The van der Waals surface area contributed by atoms with Crippen molar-refractivity contribution in [2.24, 2.45) is 5.92 Å². The molecule has 1 heterocycles. The summed E-state index contributed by atoms with van der Waals surface area (Å²) < 4.78 is 13.5. The third-order valence-electron chi connectivity index (χ3n) is 4.01. The van der Waals surface area contributed by atoms with Gasteiger partial charge in [-0.1, -0.05) is 0 Å². The van der Waals surface area contributed by atoms with Gasteiger partial charge in [0.25, 0.3) is 11.6 Å². The van der Waals surface area contributed by atoms with Crippen LogP contribution in [0.5, 0.6) is 0 Å². The van der Waals surface area contributed by atoms with Crippen LogP contribution in [0, 0.1) is 21.8 Å². The minimum absolute atomic E-state index is 0.112. The van der Waals surface area contributed by atoms with E-state index < -0.39 is 40.3 Å². The highest BCUT2D eigenvalue weighted by Gasteiger charge is 2.37. The van der Waals surface area contributed by atoms with Crippen molar-refractivity contribution >= 4 is 33.5 Å². The highest BCUT2D eigenvalue weighted by Crippen LogP contribution is 2.33. The van der Waals surface area contributed by atoms with Crippen LogP contribution in [0.15, 0.2) is 16.6 Å². The number of halogens is 2. The molecule has 0 radical (unpaired) electrons. The standard InChI is InChI=1S/C14H14BrFN2O5/c1-7-9(14(20)21)3-2-4-17(7)13(19)10-5-8(16)6-11(12(10)15)18(22)23/h5-7,9H,2-4H2,1H3,(H,20,21)/t7-,9-/m1/s1. The predicted molar refractivity (Wildman–Crippen MR) is 81.6 cm³/mol. The fraction of sp³-hybridized carbons (Fsp3) is 0.429. The molecule has 0 aliphatic carbocycles. The van der Waals surface area contributed by atoms with E-state index in [1.165, 1.54) is 4.90 Å². The third-order valence-corrected chi connectivity index (χ3v) is 4.84. The summed E-state index contributed by atoms with van der Waals surface area (Å²) in [5, 5.41) is 20.1. The quantitative estimate of drug-likeness (QED) is 0.633. The van der Waals surface area contributed by atoms with Gasteiger partial charge in [-0.2, -0.15) is 0 Å². The first-order chi connectivity index (χ1) is 10.7. The van der Waals surface area contributed by atoms with Crippen molar-refractivity contribution in [1.29, 1.82) is 0 Å². The molecule has 23 heavy (non-hydrogen) atoms. The van der Waals surface area contributed by atoms with Crippen LogP contribution in [0.3, 0.4) is 0 Å². The van der Waals surface area contributed by atoms with E-state index in [1.807, 2.05) is 0 Å². The Labute approximate surface area is 139 Å². The molecular weight excluding hydrogens is 375 g/mol. The number of nitro groups is 1. The second-order valence-electron chi connectivity index (χ2n) is 5.37. The maximum Gasteiger partial charge on any atom is 0.308 e. The molecule has 1 aliphatic heterocycles. The number of hydrogen-bond acceptors (Lipinski definition) is 4. The molecule has 1 N–H and O–H groups in total. The molecule has 1 aromatic rings. The summed E-state index contributed by atoms with van der Waals surface area (Å²) in [5.74, 6) is -3.24. The predicted octanol–water partition coefficient (Wildman–Crippen LogP) is 2.82. The average molecular weight is 389 g/mol. The normalized spacial score (nSPS) is 21.1. The first kappa shape index (κ1) is 17.3. The number of likely N-dealkylation sites (tertiary alicyclic amines) is 1. The molecule has 1 aromatic carbocycles. The number of nitrogens with zero attached hydrogens (tertiary/aromatic N) is 2. The second-order valence-corrected chi connectivity index (χ2v) is 6.16. The SMILES string of the molecule is C[C@@H]1[C@H](C(=O)O)CCCN1C(=O)c1cc(F)cc([N+](=O)[O-])c1Br. The largest absolute Gasteiger partial charge is 0.481 e. The summed E-state index contributed by atoms with van der Waals surface area (Å²) >= 11 is 2.98. The Morgan fingerprint density at radius 1 is 1.48 bits per heavy atom. The lowest BCUT2D eigenvalue weighted by molar-refractivity contribution is -0.385. The van der Waals surface area contributed by atoms with Crippen molar-refractivity contribution in [3.63, 3.8) is 0 Å². The molecule has 124 valence electrons. The van der Waals surface area contributed by atoms with Crippen LogP contribution in [0.1, 0.15) is 30.1 Å². The number of carbonyl (C=O) groups is 2. The fourth-order valence-electron chi connectivity index (χ4n) is 2.78. The van der Waals surface area contributed by atoms with E-state index in [1.54, 1.807) is 6.92 Å². The molecule has 0 saturated carbocycles. The number of aliphatic carboxylic acids is 1. The number of hydrogen-bond donors (Lipinski definition) is 1. The molecule has 1 aliphatic rings.